The molecule has 1 aromatic carbocycles. The topological polar surface area (TPSA) is 135 Å². The number of carbonyl (C=O) groups is 3. The number of ketones is 1. The highest BCUT2D eigenvalue weighted by Crippen LogP contribution is 2.47. The minimum Gasteiger partial charge on any atom is -0.462 e. The Morgan fingerprint density at radius 3 is 2.41 bits per heavy atom. The third kappa shape index (κ3) is 8.15. The molecule has 1 aromatic heterocycles. The summed E-state index contributed by atoms with van der Waals surface area (Å²) in [6.07, 6.45) is 9.36. The zero-order valence-electron chi connectivity index (χ0n) is 24.1. The van der Waals surface area contributed by atoms with Crippen LogP contribution in [0.3, 0.4) is 0 Å². The molecule has 0 saturated heterocycles. The highest BCUT2D eigenvalue weighted by atomic mass is 32.2. The van der Waals surface area contributed by atoms with Crippen molar-refractivity contribution in [3.05, 3.63) is 54.2 Å². The Kier molecular flexibility index (Phi) is 9.51. The number of amides is 1. The number of aromatic amines is 1. The lowest BCUT2D eigenvalue weighted by molar-refractivity contribution is -0.138. The molecule has 3 fully saturated rings. The monoisotopic (exact) mass is 583 g/mol. The van der Waals surface area contributed by atoms with Crippen LogP contribution in [0.4, 0.5) is 5.82 Å². The number of rotatable bonds is 11. The van der Waals surface area contributed by atoms with Crippen molar-refractivity contribution in [2.75, 3.05) is 5.32 Å². The SMILES string of the molecule is C=CC(C1CC1)S(=O)(=O)c1ccc([C@@H](C[C@H]2CCC(=O)C2)C(=O)Nc2cc[nH]n2)cc1C1CC1.CC(C)(C)OC=O. The summed E-state index contributed by atoms with van der Waals surface area (Å²) in [7, 11) is -3.53. The van der Waals surface area contributed by atoms with Crippen LogP contribution < -0.4 is 5.32 Å². The summed E-state index contributed by atoms with van der Waals surface area (Å²) in [5.41, 5.74) is 1.31. The molecule has 1 unspecified atom stereocenters. The molecular weight excluding hydrogens is 542 g/mol. The van der Waals surface area contributed by atoms with Crippen LogP contribution in [0.1, 0.15) is 95.1 Å². The third-order valence-corrected chi connectivity index (χ3v) is 10.1. The molecule has 41 heavy (non-hydrogen) atoms. The number of hydrogen-bond acceptors (Lipinski definition) is 7. The van der Waals surface area contributed by atoms with E-state index in [1.54, 1.807) is 30.5 Å². The molecule has 0 bridgehead atoms. The molecule has 2 N–H and O–H groups in total. The summed E-state index contributed by atoms with van der Waals surface area (Å²) in [6.45, 7) is 9.72. The van der Waals surface area contributed by atoms with Crippen LogP contribution in [0.5, 0.6) is 0 Å². The molecule has 3 atom stereocenters. The first kappa shape index (κ1) is 30.7. The quantitative estimate of drug-likeness (QED) is 0.265. The molecule has 1 heterocycles. The molecule has 3 aliphatic carbocycles. The number of aromatic nitrogens is 2. The largest absolute Gasteiger partial charge is 0.462 e. The molecule has 0 aliphatic heterocycles. The van der Waals surface area contributed by atoms with Crippen molar-refractivity contribution in [2.45, 2.75) is 99.7 Å². The number of ether oxygens (including phenoxy) is 1. The Morgan fingerprint density at radius 2 is 1.93 bits per heavy atom. The van der Waals surface area contributed by atoms with E-state index in [1.165, 1.54) is 0 Å². The summed E-state index contributed by atoms with van der Waals surface area (Å²) in [5.74, 6) is 0.518. The van der Waals surface area contributed by atoms with E-state index in [2.05, 4.69) is 26.8 Å². The van der Waals surface area contributed by atoms with Gasteiger partial charge in [0.05, 0.1) is 16.1 Å². The number of hydrogen-bond donors (Lipinski definition) is 2. The van der Waals surface area contributed by atoms with Gasteiger partial charge in [0.15, 0.2) is 15.7 Å². The fourth-order valence-electron chi connectivity index (χ4n) is 5.41. The zero-order chi connectivity index (χ0) is 29.8. The summed E-state index contributed by atoms with van der Waals surface area (Å²) in [4.78, 5) is 35.2. The normalized spacial score (nSPS) is 20.4. The fourth-order valence-corrected chi connectivity index (χ4v) is 7.55. The van der Waals surface area contributed by atoms with Crippen molar-refractivity contribution in [1.29, 1.82) is 0 Å². The standard InChI is InChI=1S/C26H31N3O4S.C5H10O2/c1-2-23(18-6-7-18)34(32,33)24-10-8-19(15-21(24)17-4-5-17)22(14-16-3-9-20(30)13-16)26(31)28-25-11-12-27-29-25;1-5(2,3)7-4-6/h2,8,10-12,15-18,22-23H,1,3-7,9,13-14H2,(H2,27,28,29,31);4H,1-3H3/t16-,22+,23?;/m0./s1. The average molecular weight is 584 g/mol. The van der Waals surface area contributed by atoms with Crippen LogP contribution in [0, 0.1) is 11.8 Å². The van der Waals surface area contributed by atoms with Gasteiger partial charge in [0.2, 0.25) is 5.91 Å². The van der Waals surface area contributed by atoms with Gasteiger partial charge in [0.1, 0.15) is 11.4 Å². The number of Topliss-reactive ketones (excluding diaryl/α,β-unsaturated/α-hetero) is 1. The average Bonchev–Trinajstić information content (AvgIpc) is 3.83. The van der Waals surface area contributed by atoms with Crippen molar-refractivity contribution < 1.29 is 27.5 Å². The molecule has 222 valence electrons. The van der Waals surface area contributed by atoms with E-state index in [0.29, 0.717) is 36.4 Å². The third-order valence-electron chi connectivity index (χ3n) is 7.82. The van der Waals surface area contributed by atoms with Gasteiger partial charge < -0.3 is 10.1 Å². The van der Waals surface area contributed by atoms with Crippen LogP contribution >= 0.6 is 0 Å². The van der Waals surface area contributed by atoms with Crippen molar-refractivity contribution in [3.63, 3.8) is 0 Å². The first-order chi connectivity index (χ1) is 19.4. The number of nitrogens with zero attached hydrogens (tertiary/aromatic N) is 1. The first-order valence-corrected chi connectivity index (χ1v) is 15.9. The smallest absolute Gasteiger partial charge is 0.293 e. The number of sulfone groups is 1. The van der Waals surface area contributed by atoms with Gasteiger partial charge in [-0.15, -0.1) is 6.58 Å². The molecule has 3 aliphatic rings. The number of anilines is 1. The lowest BCUT2D eigenvalue weighted by atomic mass is 9.86. The molecule has 2 aromatic rings. The molecule has 3 saturated carbocycles. The van der Waals surface area contributed by atoms with Gasteiger partial charge in [-0.1, -0.05) is 18.2 Å². The highest BCUT2D eigenvalue weighted by molar-refractivity contribution is 7.92. The van der Waals surface area contributed by atoms with Gasteiger partial charge in [0.25, 0.3) is 6.47 Å². The number of benzene rings is 1. The summed E-state index contributed by atoms with van der Waals surface area (Å²) in [5, 5.41) is 9.04. The van der Waals surface area contributed by atoms with Crippen molar-refractivity contribution in [3.8, 4) is 0 Å². The van der Waals surface area contributed by atoms with Gasteiger partial charge in [0, 0.05) is 25.1 Å². The highest BCUT2D eigenvalue weighted by Gasteiger charge is 2.41. The summed E-state index contributed by atoms with van der Waals surface area (Å²) >= 11 is 0. The maximum absolute atomic E-state index is 13.5. The Bertz CT molecular complexity index is 1350. The Morgan fingerprint density at radius 1 is 1.20 bits per heavy atom. The molecule has 0 radical (unpaired) electrons. The summed E-state index contributed by atoms with van der Waals surface area (Å²) in [6, 6.07) is 7.11. The molecule has 10 heteroatoms. The molecular formula is C31H41N3O6S. The minimum atomic E-state index is -3.53. The predicted octanol–water partition coefficient (Wildman–Crippen LogP) is 5.46. The van der Waals surface area contributed by atoms with E-state index in [0.717, 1.165) is 43.2 Å². The number of H-pyrrole nitrogens is 1. The zero-order valence-corrected chi connectivity index (χ0v) is 24.9. The van der Waals surface area contributed by atoms with Crippen LogP contribution in [0.2, 0.25) is 0 Å². The van der Waals surface area contributed by atoms with Crippen LogP contribution in [-0.2, 0) is 29.0 Å². The van der Waals surface area contributed by atoms with E-state index in [4.69, 9.17) is 0 Å². The van der Waals surface area contributed by atoms with Crippen molar-refractivity contribution in [2.24, 2.45) is 11.8 Å². The predicted molar refractivity (Wildman–Crippen MR) is 156 cm³/mol. The van der Waals surface area contributed by atoms with E-state index in [1.807, 2.05) is 26.8 Å². The summed E-state index contributed by atoms with van der Waals surface area (Å²) < 4.78 is 31.6. The lowest BCUT2D eigenvalue weighted by Crippen LogP contribution is -2.25. The maximum Gasteiger partial charge on any atom is 0.293 e. The molecule has 9 nitrogen and oxygen atoms in total. The van der Waals surface area contributed by atoms with Crippen LogP contribution in [-0.4, -0.2) is 47.6 Å². The minimum absolute atomic E-state index is 0.148. The van der Waals surface area contributed by atoms with Gasteiger partial charge in [-0.25, -0.2) is 8.42 Å². The van der Waals surface area contributed by atoms with E-state index < -0.39 is 21.0 Å². The first-order valence-electron chi connectivity index (χ1n) is 14.4. The van der Waals surface area contributed by atoms with Gasteiger partial charge >= 0.3 is 0 Å². The number of nitrogens with one attached hydrogen (secondary N) is 2. The van der Waals surface area contributed by atoms with Crippen LogP contribution in [0.25, 0.3) is 0 Å². The van der Waals surface area contributed by atoms with Crippen molar-refractivity contribution >= 4 is 33.8 Å². The molecule has 5 rings (SSSR count). The lowest BCUT2D eigenvalue weighted by Gasteiger charge is -2.22. The Hall–Kier alpha value is -3.27. The van der Waals surface area contributed by atoms with Gasteiger partial charge in [-0.05, 0) is 94.2 Å². The Balaban J connectivity index is 0.000000493. The second-order valence-corrected chi connectivity index (χ2v) is 14.4. The number of carbonyl (C=O) groups excluding carboxylic acids is 3. The molecule has 0 spiro atoms. The van der Waals surface area contributed by atoms with Crippen molar-refractivity contribution in [1.82, 2.24) is 10.2 Å². The van der Waals surface area contributed by atoms with Crippen LogP contribution in [0.15, 0.2) is 48.0 Å². The van der Waals surface area contributed by atoms with E-state index >= 15 is 0 Å². The van der Waals surface area contributed by atoms with Gasteiger partial charge in [-0.2, -0.15) is 5.10 Å². The van der Waals surface area contributed by atoms with Gasteiger partial charge in [-0.3, -0.25) is 19.5 Å². The fraction of sp³-hybridized carbons (Fsp3) is 0.548. The van der Waals surface area contributed by atoms with E-state index in [9.17, 15) is 22.8 Å². The Labute approximate surface area is 242 Å². The maximum atomic E-state index is 13.5. The second-order valence-electron chi connectivity index (χ2n) is 12.4. The second kappa shape index (κ2) is 12.7. The molecule has 1 amide bonds. The van der Waals surface area contributed by atoms with E-state index in [-0.39, 0.29) is 35.0 Å².